The van der Waals surface area contributed by atoms with Crippen LogP contribution in [0.5, 0.6) is 0 Å². The third kappa shape index (κ3) is 4.10. The van der Waals surface area contributed by atoms with Crippen molar-refractivity contribution in [3.8, 4) is 0 Å². The van der Waals surface area contributed by atoms with E-state index in [1.54, 1.807) is 0 Å². The molecule has 0 spiro atoms. The fourth-order valence-corrected chi connectivity index (χ4v) is 2.30. The zero-order valence-corrected chi connectivity index (χ0v) is 10.6. The Labute approximate surface area is 98.5 Å². The average molecular weight is 227 g/mol. The van der Waals surface area contributed by atoms with Crippen LogP contribution in [-0.4, -0.2) is 30.4 Å². The van der Waals surface area contributed by atoms with E-state index in [4.69, 9.17) is 5.84 Å². The Morgan fingerprint density at radius 3 is 2.19 bits per heavy atom. The zero-order chi connectivity index (χ0) is 12.0. The Morgan fingerprint density at radius 2 is 1.69 bits per heavy atom. The Hall–Kier alpha value is -0.610. The molecule has 1 saturated heterocycles. The third-order valence-corrected chi connectivity index (χ3v) is 3.31. The zero-order valence-electron chi connectivity index (χ0n) is 10.6. The smallest absolute Gasteiger partial charge is 0.240 e. The maximum Gasteiger partial charge on any atom is 0.240 e. The van der Waals surface area contributed by atoms with Gasteiger partial charge in [-0.1, -0.05) is 19.3 Å². The standard InChI is InChI=1S/C12H25N3O/c1-12(2,11(16)14-13)10-15-8-6-4-3-5-7-9-15/h3-10,13H2,1-2H3,(H,14,16). The Bertz CT molecular complexity index is 220. The SMILES string of the molecule is CC(C)(CN1CCCCCCC1)C(=O)NN. The van der Waals surface area contributed by atoms with Crippen molar-refractivity contribution in [3.63, 3.8) is 0 Å². The lowest BCUT2D eigenvalue weighted by Crippen LogP contribution is -2.47. The number of hydrogen-bond acceptors (Lipinski definition) is 3. The fourth-order valence-electron chi connectivity index (χ4n) is 2.30. The van der Waals surface area contributed by atoms with Crippen molar-refractivity contribution in [2.45, 2.75) is 46.0 Å². The largest absolute Gasteiger partial charge is 0.302 e. The van der Waals surface area contributed by atoms with Gasteiger partial charge in [-0.05, 0) is 39.8 Å². The summed E-state index contributed by atoms with van der Waals surface area (Å²) in [7, 11) is 0. The number of carbonyl (C=O) groups is 1. The second-order valence-electron chi connectivity index (χ2n) is 5.40. The summed E-state index contributed by atoms with van der Waals surface area (Å²) in [5.41, 5.74) is 1.86. The quantitative estimate of drug-likeness (QED) is 0.434. The van der Waals surface area contributed by atoms with Crippen molar-refractivity contribution in [1.29, 1.82) is 0 Å². The first kappa shape index (κ1) is 13.5. The highest BCUT2D eigenvalue weighted by Gasteiger charge is 2.29. The molecule has 0 radical (unpaired) electrons. The minimum Gasteiger partial charge on any atom is -0.302 e. The summed E-state index contributed by atoms with van der Waals surface area (Å²) in [6.07, 6.45) is 6.50. The third-order valence-electron chi connectivity index (χ3n) is 3.31. The first-order chi connectivity index (χ1) is 7.56. The molecule has 16 heavy (non-hydrogen) atoms. The van der Waals surface area contributed by atoms with Crippen LogP contribution in [0.15, 0.2) is 0 Å². The highest BCUT2D eigenvalue weighted by Crippen LogP contribution is 2.19. The highest BCUT2D eigenvalue weighted by atomic mass is 16.2. The van der Waals surface area contributed by atoms with Crippen LogP contribution in [-0.2, 0) is 4.79 Å². The van der Waals surface area contributed by atoms with Crippen LogP contribution < -0.4 is 11.3 Å². The Balaban J connectivity index is 2.46. The van der Waals surface area contributed by atoms with Gasteiger partial charge in [0.25, 0.3) is 0 Å². The fraction of sp³-hybridized carbons (Fsp3) is 0.917. The summed E-state index contributed by atoms with van der Waals surface area (Å²) in [5.74, 6) is 5.13. The second-order valence-corrected chi connectivity index (χ2v) is 5.40. The molecular weight excluding hydrogens is 202 g/mol. The lowest BCUT2D eigenvalue weighted by atomic mass is 9.91. The number of carbonyl (C=O) groups excluding carboxylic acids is 1. The van der Waals surface area contributed by atoms with E-state index in [1.165, 1.54) is 32.1 Å². The molecule has 1 fully saturated rings. The van der Waals surface area contributed by atoms with Gasteiger partial charge in [-0.3, -0.25) is 10.2 Å². The summed E-state index contributed by atoms with van der Waals surface area (Å²) in [4.78, 5) is 14.0. The van der Waals surface area contributed by atoms with Gasteiger partial charge in [0.05, 0.1) is 5.41 Å². The van der Waals surface area contributed by atoms with Crippen molar-refractivity contribution in [2.75, 3.05) is 19.6 Å². The van der Waals surface area contributed by atoms with Crippen molar-refractivity contribution < 1.29 is 4.79 Å². The first-order valence-electron chi connectivity index (χ1n) is 6.30. The van der Waals surface area contributed by atoms with Crippen LogP contribution in [0.1, 0.15) is 46.0 Å². The highest BCUT2D eigenvalue weighted by molar-refractivity contribution is 5.81. The molecule has 4 nitrogen and oxygen atoms in total. The van der Waals surface area contributed by atoms with Gasteiger partial charge in [0, 0.05) is 6.54 Å². The van der Waals surface area contributed by atoms with Crippen molar-refractivity contribution in [2.24, 2.45) is 11.3 Å². The number of rotatable bonds is 3. The Kier molecular flexibility index (Phi) is 5.22. The summed E-state index contributed by atoms with van der Waals surface area (Å²) in [5, 5.41) is 0. The van der Waals surface area contributed by atoms with E-state index in [0.717, 1.165) is 19.6 Å². The number of nitrogens with one attached hydrogen (secondary N) is 1. The van der Waals surface area contributed by atoms with Gasteiger partial charge < -0.3 is 4.90 Å². The number of hydrazine groups is 1. The lowest BCUT2D eigenvalue weighted by Gasteiger charge is -2.32. The van der Waals surface area contributed by atoms with Gasteiger partial charge >= 0.3 is 0 Å². The second kappa shape index (κ2) is 6.21. The number of nitrogens with zero attached hydrogens (tertiary/aromatic N) is 1. The van der Waals surface area contributed by atoms with Crippen LogP contribution in [0.2, 0.25) is 0 Å². The molecule has 4 heteroatoms. The lowest BCUT2D eigenvalue weighted by molar-refractivity contribution is -0.130. The number of amides is 1. The minimum absolute atomic E-state index is 0.0745. The van der Waals surface area contributed by atoms with Crippen LogP contribution in [0.3, 0.4) is 0 Å². The molecule has 94 valence electrons. The maximum atomic E-state index is 11.6. The topological polar surface area (TPSA) is 58.4 Å². The van der Waals surface area contributed by atoms with Gasteiger partial charge in [-0.2, -0.15) is 0 Å². The van der Waals surface area contributed by atoms with Crippen LogP contribution in [0, 0.1) is 5.41 Å². The molecule has 0 atom stereocenters. The molecule has 0 bridgehead atoms. The molecule has 0 aromatic carbocycles. The monoisotopic (exact) mass is 227 g/mol. The van der Waals surface area contributed by atoms with E-state index < -0.39 is 5.41 Å². The molecule has 1 rings (SSSR count). The van der Waals surface area contributed by atoms with Crippen LogP contribution in [0.4, 0.5) is 0 Å². The van der Waals surface area contributed by atoms with Gasteiger partial charge in [0.15, 0.2) is 0 Å². The van der Waals surface area contributed by atoms with Gasteiger partial charge in [0.2, 0.25) is 5.91 Å². The number of likely N-dealkylation sites (tertiary alicyclic amines) is 1. The molecule has 1 heterocycles. The molecule has 0 saturated carbocycles. The van der Waals surface area contributed by atoms with Crippen molar-refractivity contribution >= 4 is 5.91 Å². The van der Waals surface area contributed by atoms with Gasteiger partial charge in [-0.25, -0.2) is 5.84 Å². The molecular formula is C12H25N3O. The van der Waals surface area contributed by atoms with Crippen molar-refractivity contribution in [3.05, 3.63) is 0 Å². The van der Waals surface area contributed by atoms with Crippen LogP contribution in [0.25, 0.3) is 0 Å². The van der Waals surface area contributed by atoms with Gasteiger partial charge in [-0.15, -0.1) is 0 Å². The van der Waals surface area contributed by atoms with E-state index in [0.29, 0.717) is 0 Å². The minimum atomic E-state index is -0.395. The molecule has 1 aliphatic rings. The van der Waals surface area contributed by atoms with E-state index in [2.05, 4.69) is 10.3 Å². The van der Waals surface area contributed by atoms with E-state index >= 15 is 0 Å². The summed E-state index contributed by atoms with van der Waals surface area (Å²) >= 11 is 0. The summed E-state index contributed by atoms with van der Waals surface area (Å²) in [6.45, 7) is 6.93. The van der Waals surface area contributed by atoms with Crippen LogP contribution >= 0.6 is 0 Å². The molecule has 0 aromatic rings. The normalized spacial score (nSPS) is 19.9. The molecule has 3 N–H and O–H groups in total. The predicted octanol–water partition coefficient (Wildman–Crippen LogP) is 1.27. The summed E-state index contributed by atoms with van der Waals surface area (Å²) < 4.78 is 0. The number of nitrogens with two attached hydrogens (primary N) is 1. The molecule has 0 unspecified atom stereocenters. The van der Waals surface area contributed by atoms with Gasteiger partial charge in [0.1, 0.15) is 0 Å². The molecule has 0 aromatic heterocycles. The molecule has 0 aliphatic carbocycles. The summed E-state index contributed by atoms with van der Waals surface area (Å²) in [6, 6.07) is 0. The van der Waals surface area contributed by atoms with E-state index in [-0.39, 0.29) is 5.91 Å². The maximum absolute atomic E-state index is 11.6. The molecule has 1 aliphatic heterocycles. The average Bonchev–Trinajstić information content (AvgIpc) is 2.20. The molecule has 1 amide bonds. The van der Waals surface area contributed by atoms with Crippen molar-refractivity contribution in [1.82, 2.24) is 10.3 Å². The first-order valence-corrected chi connectivity index (χ1v) is 6.30. The van der Waals surface area contributed by atoms with E-state index in [1.807, 2.05) is 13.8 Å². The predicted molar refractivity (Wildman–Crippen MR) is 65.6 cm³/mol. The Morgan fingerprint density at radius 1 is 1.19 bits per heavy atom. The number of hydrogen-bond donors (Lipinski definition) is 2. The van der Waals surface area contributed by atoms with E-state index in [9.17, 15) is 4.79 Å².